The van der Waals surface area contributed by atoms with Crippen LogP contribution in [0.1, 0.15) is 63.8 Å². The average Bonchev–Trinajstić information content (AvgIpc) is 3.32. The fraction of sp³-hybridized carbons (Fsp3) is 0.500. The Labute approximate surface area is 218 Å². The lowest BCUT2D eigenvalue weighted by Gasteiger charge is -2.23. The van der Waals surface area contributed by atoms with Gasteiger partial charge in [-0.3, -0.25) is 4.79 Å². The van der Waals surface area contributed by atoms with Crippen molar-refractivity contribution >= 4 is 46.0 Å². The lowest BCUT2D eigenvalue weighted by atomic mass is 9.93. The summed E-state index contributed by atoms with van der Waals surface area (Å²) in [5.41, 5.74) is 1.16. The van der Waals surface area contributed by atoms with Gasteiger partial charge in [-0.25, -0.2) is 23.1 Å². The van der Waals surface area contributed by atoms with E-state index in [1.54, 1.807) is 17.8 Å². The van der Waals surface area contributed by atoms with Crippen molar-refractivity contribution in [3.05, 3.63) is 35.7 Å². The van der Waals surface area contributed by atoms with Crippen LogP contribution in [0.3, 0.4) is 0 Å². The first-order valence-corrected chi connectivity index (χ1v) is 13.7. The summed E-state index contributed by atoms with van der Waals surface area (Å²) >= 11 is 1.56. The highest BCUT2D eigenvalue weighted by atomic mass is 32.2. The van der Waals surface area contributed by atoms with E-state index in [1.807, 2.05) is 32.2 Å². The second-order valence-electron chi connectivity index (χ2n) is 9.20. The van der Waals surface area contributed by atoms with Crippen molar-refractivity contribution in [2.45, 2.75) is 62.9 Å². The lowest BCUT2D eigenvalue weighted by Crippen LogP contribution is -2.18. The van der Waals surface area contributed by atoms with E-state index in [2.05, 4.69) is 31.7 Å². The van der Waals surface area contributed by atoms with Gasteiger partial charge in [-0.2, -0.15) is 0 Å². The van der Waals surface area contributed by atoms with E-state index in [0.29, 0.717) is 18.2 Å². The van der Waals surface area contributed by atoms with Crippen molar-refractivity contribution in [1.82, 2.24) is 15.0 Å². The van der Waals surface area contributed by atoms with Gasteiger partial charge >= 0.3 is 0 Å². The number of ether oxygens (including phenoxy) is 1. The normalized spacial score (nSPS) is 22.9. The zero-order chi connectivity index (χ0) is 26.7. The van der Waals surface area contributed by atoms with Crippen LogP contribution in [-0.2, 0) is 9.53 Å². The van der Waals surface area contributed by atoms with E-state index in [-0.39, 0.29) is 23.4 Å². The van der Waals surface area contributed by atoms with Gasteiger partial charge in [0, 0.05) is 23.5 Å². The number of carbonyl (C=O) groups excluding carboxylic acids is 1. The van der Waals surface area contributed by atoms with Crippen LogP contribution in [0.15, 0.2) is 29.2 Å². The van der Waals surface area contributed by atoms with E-state index in [0.717, 1.165) is 30.0 Å². The number of halogens is 3. The molecule has 2 aliphatic rings. The standard InChI is InChI=1S/C24H26F3N5O2S.C2H6/c1-24(27)10-14(24)23(33)30-18-9-16(19-21(29-18)32-22(31-19)20(25)26)28-15-6-5-12(8-17(15)35-2)13-4-3-7-34-11-13;1-2/h5-6,8-9,13-14,20H,3-4,7,10-11H2,1-2H3,(H3,28,29,30,31,32,33);1-2H3. The molecule has 3 aromatic rings. The van der Waals surface area contributed by atoms with Crippen molar-refractivity contribution in [2.75, 3.05) is 30.1 Å². The minimum Gasteiger partial charge on any atom is -0.381 e. The number of nitrogens with zero attached hydrogens (tertiary/aromatic N) is 2. The summed E-state index contributed by atoms with van der Waals surface area (Å²) in [7, 11) is 0. The highest BCUT2D eigenvalue weighted by molar-refractivity contribution is 7.98. The predicted octanol–water partition coefficient (Wildman–Crippen LogP) is 6.97. The summed E-state index contributed by atoms with van der Waals surface area (Å²) in [6.45, 7) is 6.85. The molecule has 3 atom stereocenters. The molecule has 1 aliphatic carbocycles. The van der Waals surface area contributed by atoms with Gasteiger partial charge in [-0.1, -0.05) is 19.9 Å². The summed E-state index contributed by atoms with van der Waals surface area (Å²) in [4.78, 5) is 24.1. The molecule has 1 aromatic carbocycles. The van der Waals surface area contributed by atoms with Gasteiger partial charge in [0.2, 0.25) is 5.91 Å². The number of H-pyrrole nitrogens is 1. The molecule has 2 fully saturated rings. The molecular weight excluding hydrogens is 503 g/mol. The quantitative estimate of drug-likeness (QED) is 0.283. The Bertz CT molecular complexity index is 1260. The number of aromatic nitrogens is 3. The van der Waals surface area contributed by atoms with Crippen LogP contribution in [-0.4, -0.2) is 46.0 Å². The smallest absolute Gasteiger partial charge is 0.295 e. The Morgan fingerprint density at radius 3 is 2.62 bits per heavy atom. The maximum absolute atomic E-state index is 14.0. The molecule has 2 aromatic heterocycles. The lowest BCUT2D eigenvalue weighted by molar-refractivity contribution is -0.118. The topological polar surface area (TPSA) is 91.9 Å². The highest BCUT2D eigenvalue weighted by Gasteiger charge is 2.55. The van der Waals surface area contributed by atoms with Crippen molar-refractivity contribution in [1.29, 1.82) is 0 Å². The number of benzene rings is 1. The van der Waals surface area contributed by atoms with Crippen molar-refractivity contribution in [3.8, 4) is 0 Å². The number of hydrogen-bond acceptors (Lipinski definition) is 6. The zero-order valence-corrected chi connectivity index (χ0v) is 22.1. The molecule has 5 rings (SSSR count). The molecule has 200 valence electrons. The zero-order valence-electron chi connectivity index (χ0n) is 21.3. The van der Waals surface area contributed by atoms with Crippen LogP contribution in [0, 0.1) is 5.92 Å². The maximum atomic E-state index is 14.0. The van der Waals surface area contributed by atoms with Gasteiger partial charge in [0.15, 0.2) is 11.5 Å². The highest BCUT2D eigenvalue weighted by Crippen LogP contribution is 2.47. The first kappa shape index (κ1) is 27.3. The molecular formula is C26H32F3N5O2S. The third-order valence-electron chi connectivity index (χ3n) is 6.55. The predicted molar refractivity (Wildman–Crippen MR) is 141 cm³/mol. The molecule has 0 spiro atoms. The van der Waals surface area contributed by atoms with Crippen LogP contribution < -0.4 is 10.6 Å². The first-order chi connectivity index (χ1) is 17.7. The molecule has 7 nitrogen and oxygen atoms in total. The summed E-state index contributed by atoms with van der Waals surface area (Å²) in [6.07, 6.45) is 1.38. The molecule has 1 saturated carbocycles. The molecule has 0 bridgehead atoms. The van der Waals surface area contributed by atoms with Crippen LogP contribution in [0.4, 0.5) is 30.4 Å². The summed E-state index contributed by atoms with van der Waals surface area (Å²) < 4.78 is 46.3. The Kier molecular flexibility index (Phi) is 8.33. The second-order valence-corrected chi connectivity index (χ2v) is 10.0. The van der Waals surface area contributed by atoms with Gasteiger partial charge in [0.25, 0.3) is 6.43 Å². The third kappa shape index (κ3) is 6.04. The van der Waals surface area contributed by atoms with E-state index in [1.165, 1.54) is 12.5 Å². The summed E-state index contributed by atoms with van der Waals surface area (Å²) in [5, 5.41) is 5.90. The molecule has 11 heteroatoms. The van der Waals surface area contributed by atoms with E-state index in [4.69, 9.17) is 4.74 Å². The summed E-state index contributed by atoms with van der Waals surface area (Å²) in [5.74, 6) is -1.33. The molecule has 0 radical (unpaired) electrons. The van der Waals surface area contributed by atoms with Crippen LogP contribution >= 0.6 is 11.8 Å². The van der Waals surface area contributed by atoms with E-state index < -0.39 is 29.7 Å². The first-order valence-electron chi connectivity index (χ1n) is 12.5. The average molecular weight is 536 g/mol. The molecule has 37 heavy (non-hydrogen) atoms. The number of aromatic amines is 1. The van der Waals surface area contributed by atoms with E-state index >= 15 is 0 Å². The molecule has 3 unspecified atom stereocenters. The Hall–Kier alpha value is -2.79. The van der Waals surface area contributed by atoms with Gasteiger partial charge in [-0.05, 0) is 50.1 Å². The number of alkyl halides is 3. The number of thioether (sulfide) groups is 1. The molecule has 1 amide bonds. The third-order valence-corrected chi connectivity index (χ3v) is 7.33. The number of carbonyl (C=O) groups is 1. The monoisotopic (exact) mass is 535 g/mol. The SMILES string of the molecule is CC.CSc1cc(C2CCCOC2)ccc1Nc1cc(NC(=O)C2CC2(C)F)nc2nc(C(F)F)[nH]c12. The van der Waals surface area contributed by atoms with Gasteiger partial charge < -0.3 is 20.4 Å². The van der Waals surface area contributed by atoms with E-state index in [9.17, 15) is 18.0 Å². The van der Waals surface area contributed by atoms with Gasteiger partial charge in [0.1, 0.15) is 17.0 Å². The Balaban J connectivity index is 0.00000156. The molecule has 1 saturated heterocycles. The van der Waals surface area contributed by atoms with Crippen molar-refractivity contribution in [2.24, 2.45) is 5.92 Å². The fourth-order valence-electron chi connectivity index (χ4n) is 4.41. The number of hydrogen-bond donors (Lipinski definition) is 3. The molecule has 3 N–H and O–H groups in total. The number of imidazole rings is 1. The Morgan fingerprint density at radius 2 is 2.00 bits per heavy atom. The molecule has 1 aliphatic heterocycles. The van der Waals surface area contributed by atoms with Gasteiger partial charge in [-0.15, -0.1) is 11.8 Å². The van der Waals surface area contributed by atoms with Crippen molar-refractivity contribution in [3.63, 3.8) is 0 Å². The molecule has 3 heterocycles. The van der Waals surface area contributed by atoms with Crippen LogP contribution in [0.5, 0.6) is 0 Å². The number of amides is 1. The largest absolute Gasteiger partial charge is 0.381 e. The summed E-state index contributed by atoms with van der Waals surface area (Å²) in [6, 6.07) is 7.64. The minimum atomic E-state index is -2.81. The minimum absolute atomic E-state index is 0.0288. The Morgan fingerprint density at radius 1 is 1.24 bits per heavy atom. The number of nitrogens with one attached hydrogen (secondary N) is 3. The van der Waals surface area contributed by atoms with Crippen molar-refractivity contribution < 1.29 is 22.7 Å². The van der Waals surface area contributed by atoms with Gasteiger partial charge in [0.05, 0.1) is 23.9 Å². The second kappa shape index (κ2) is 11.3. The number of rotatable bonds is 7. The van der Waals surface area contributed by atoms with Crippen LogP contribution in [0.2, 0.25) is 0 Å². The fourth-order valence-corrected chi connectivity index (χ4v) is 5.00. The number of pyridine rings is 1. The van der Waals surface area contributed by atoms with Crippen LogP contribution in [0.25, 0.3) is 11.2 Å². The number of anilines is 3. The number of fused-ring (bicyclic) bond motifs is 1. The maximum Gasteiger partial charge on any atom is 0.295 e.